The van der Waals surface area contributed by atoms with Crippen LogP contribution in [0.2, 0.25) is 0 Å². The molecule has 2 nitrogen and oxygen atoms in total. The van der Waals surface area contributed by atoms with Crippen molar-refractivity contribution in [1.82, 2.24) is 0 Å². The van der Waals surface area contributed by atoms with Gasteiger partial charge in [-0.15, -0.1) is 12.6 Å². The van der Waals surface area contributed by atoms with E-state index >= 15 is 0 Å². The van der Waals surface area contributed by atoms with E-state index in [1.165, 1.54) is 0 Å². The second-order valence-electron chi connectivity index (χ2n) is 4.43. The fraction of sp³-hybridized carbons (Fsp3) is 0.0625. The summed E-state index contributed by atoms with van der Waals surface area (Å²) in [5.74, 6) is 0.524. The Morgan fingerprint density at radius 1 is 1.00 bits per heavy atom. The quantitative estimate of drug-likeness (QED) is 0.675. The average Bonchev–Trinajstić information content (AvgIpc) is 2.44. The Labute approximate surface area is 116 Å². The largest absolute Gasteiger partial charge is 0.454 e. The van der Waals surface area contributed by atoms with Crippen LogP contribution in [0.5, 0.6) is 0 Å². The van der Waals surface area contributed by atoms with Gasteiger partial charge in [-0.05, 0) is 18.6 Å². The topological polar surface area (TPSA) is 30.2 Å². The van der Waals surface area contributed by atoms with Gasteiger partial charge in [-0.2, -0.15) is 0 Å². The summed E-state index contributed by atoms with van der Waals surface area (Å²) in [7, 11) is 0. The fourth-order valence-electron chi connectivity index (χ4n) is 2.13. The van der Waals surface area contributed by atoms with Crippen LogP contribution in [0.15, 0.2) is 62.6 Å². The van der Waals surface area contributed by atoms with Crippen LogP contribution in [0.3, 0.4) is 0 Å². The molecule has 3 heteroatoms. The molecule has 0 amide bonds. The molecule has 0 radical (unpaired) electrons. The highest BCUT2D eigenvalue weighted by atomic mass is 32.1. The van der Waals surface area contributed by atoms with Crippen LogP contribution < -0.4 is 5.43 Å². The van der Waals surface area contributed by atoms with Gasteiger partial charge in [0.2, 0.25) is 5.43 Å². The first-order valence-electron chi connectivity index (χ1n) is 5.99. The average molecular weight is 268 g/mol. The minimum absolute atomic E-state index is 0.0906. The minimum Gasteiger partial charge on any atom is -0.454 e. The van der Waals surface area contributed by atoms with Crippen LogP contribution in [0, 0.1) is 6.92 Å². The monoisotopic (exact) mass is 268 g/mol. The summed E-state index contributed by atoms with van der Waals surface area (Å²) in [6.07, 6.45) is 0. The molecular weight excluding hydrogens is 256 g/mol. The summed E-state index contributed by atoms with van der Waals surface area (Å²) in [4.78, 5) is 12.7. The van der Waals surface area contributed by atoms with Crippen molar-refractivity contribution in [2.24, 2.45) is 0 Å². The fourth-order valence-corrected chi connectivity index (χ4v) is 2.43. The van der Waals surface area contributed by atoms with Crippen molar-refractivity contribution < 1.29 is 4.42 Å². The van der Waals surface area contributed by atoms with Gasteiger partial charge < -0.3 is 4.42 Å². The maximum atomic E-state index is 12.3. The maximum Gasteiger partial charge on any atom is 0.206 e. The van der Waals surface area contributed by atoms with E-state index in [1.54, 1.807) is 6.07 Å². The number of para-hydroxylation sites is 1. The van der Waals surface area contributed by atoms with Gasteiger partial charge in [0, 0.05) is 5.56 Å². The Bertz CT molecular complexity index is 804. The van der Waals surface area contributed by atoms with Gasteiger partial charge in [0.25, 0.3) is 0 Å². The highest BCUT2D eigenvalue weighted by Gasteiger charge is 2.13. The Balaban J connectivity index is 2.42. The molecule has 2 aromatic carbocycles. The molecule has 0 N–H and O–H groups in total. The number of aryl methyl sites for hydroxylation is 1. The zero-order chi connectivity index (χ0) is 13.4. The number of benzene rings is 2. The van der Waals surface area contributed by atoms with Crippen molar-refractivity contribution in [2.75, 3.05) is 0 Å². The van der Waals surface area contributed by atoms with Gasteiger partial charge in [-0.3, -0.25) is 4.79 Å². The molecule has 0 bridgehead atoms. The molecule has 3 aromatic rings. The zero-order valence-corrected chi connectivity index (χ0v) is 11.3. The van der Waals surface area contributed by atoms with Gasteiger partial charge in [0.15, 0.2) is 5.76 Å². The SMILES string of the molecule is Cc1cccc2c(=O)c(S)c(-c3ccccc3)oc12. The van der Waals surface area contributed by atoms with Crippen LogP contribution in [0.4, 0.5) is 0 Å². The Hall–Kier alpha value is -2.00. The van der Waals surface area contributed by atoms with Crippen molar-refractivity contribution >= 4 is 23.6 Å². The lowest BCUT2D eigenvalue weighted by Gasteiger charge is -2.07. The van der Waals surface area contributed by atoms with E-state index in [4.69, 9.17) is 4.42 Å². The lowest BCUT2D eigenvalue weighted by Crippen LogP contribution is -2.05. The molecule has 0 spiro atoms. The highest BCUT2D eigenvalue weighted by Crippen LogP contribution is 2.28. The van der Waals surface area contributed by atoms with Crippen molar-refractivity contribution in [1.29, 1.82) is 0 Å². The molecule has 1 heterocycles. The first-order valence-corrected chi connectivity index (χ1v) is 6.44. The lowest BCUT2D eigenvalue weighted by molar-refractivity contribution is 0.603. The van der Waals surface area contributed by atoms with Gasteiger partial charge in [-0.1, -0.05) is 42.5 Å². The molecule has 3 rings (SSSR count). The van der Waals surface area contributed by atoms with Crippen molar-refractivity contribution in [3.8, 4) is 11.3 Å². The first kappa shape index (κ1) is 12.1. The van der Waals surface area contributed by atoms with Crippen molar-refractivity contribution in [2.45, 2.75) is 11.8 Å². The molecule has 94 valence electrons. The Morgan fingerprint density at radius 3 is 2.47 bits per heavy atom. The van der Waals surface area contributed by atoms with Crippen LogP contribution in [-0.4, -0.2) is 0 Å². The van der Waals surface area contributed by atoms with E-state index in [0.717, 1.165) is 11.1 Å². The number of rotatable bonds is 1. The second-order valence-corrected chi connectivity index (χ2v) is 4.87. The summed E-state index contributed by atoms with van der Waals surface area (Å²) in [5, 5.41) is 0.574. The number of hydrogen-bond acceptors (Lipinski definition) is 3. The molecule has 0 saturated carbocycles. The van der Waals surface area contributed by atoms with Gasteiger partial charge >= 0.3 is 0 Å². The first-order chi connectivity index (χ1) is 9.18. The number of thiol groups is 1. The molecule has 0 fully saturated rings. The molecule has 0 saturated heterocycles. The van der Waals surface area contributed by atoms with Gasteiger partial charge in [0.1, 0.15) is 5.58 Å². The van der Waals surface area contributed by atoms with E-state index in [9.17, 15) is 4.79 Å². The van der Waals surface area contributed by atoms with Crippen LogP contribution in [-0.2, 0) is 0 Å². The van der Waals surface area contributed by atoms with Crippen molar-refractivity contribution in [3.05, 3.63) is 64.3 Å². The van der Waals surface area contributed by atoms with Gasteiger partial charge in [0.05, 0.1) is 10.3 Å². The van der Waals surface area contributed by atoms with E-state index in [1.807, 2.05) is 49.4 Å². The summed E-state index contributed by atoms with van der Waals surface area (Å²) < 4.78 is 5.91. The molecule has 1 aromatic heterocycles. The predicted molar refractivity (Wildman–Crippen MR) is 79.9 cm³/mol. The Morgan fingerprint density at radius 2 is 1.74 bits per heavy atom. The summed E-state index contributed by atoms with van der Waals surface area (Å²) in [5.41, 5.74) is 2.34. The molecular formula is C16H12O2S. The molecule has 0 aliphatic carbocycles. The normalized spacial score (nSPS) is 10.8. The number of hydrogen-bond donors (Lipinski definition) is 1. The molecule has 19 heavy (non-hydrogen) atoms. The third-order valence-corrected chi connectivity index (χ3v) is 3.53. The van der Waals surface area contributed by atoms with Crippen LogP contribution in [0.25, 0.3) is 22.3 Å². The molecule has 0 aliphatic heterocycles. The summed E-state index contributed by atoms with van der Waals surface area (Å²) >= 11 is 4.33. The van der Waals surface area contributed by atoms with Crippen LogP contribution >= 0.6 is 12.6 Å². The van der Waals surface area contributed by atoms with E-state index in [-0.39, 0.29) is 5.43 Å². The van der Waals surface area contributed by atoms with Crippen LogP contribution in [0.1, 0.15) is 5.56 Å². The summed E-state index contributed by atoms with van der Waals surface area (Å²) in [6.45, 7) is 1.93. The zero-order valence-electron chi connectivity index (χ0n) is 10.4. The standard InChI is InChI=1S/C16H12O2S/c1-10-6-5-9-12-13(17)16(19)15(18-14(10)12)11-7-3-2-4-8-11/h2-9,19H,1H3. The maximum absolute atomic E-state index is 12.3. The lowest BCUT2D eigenvalue weighted by atomic mass is 10.1. The molecule has 0 atom stereocenters. The second kappa shape index (κ2) is 4.59. The smallest absolute Gasteiger partial charge is 0.206 e. The summed E-state index contributed by atoms with van der Waals surface area (Å²) in [6, 6.07) is 15.1. The highest BCUT2D eigenvalue weighted by molar-refractivity contribution is 7.80. The third-order valence-electron chi connectivity index (χ3n) is 3.13. The van der Waals surface area contributed by atoms with E-state index < -0.39 is 0 Å². The van der Waals surface area contributed by atoms with Crippen molar-refractivity contribution in [3.63, 3.8) is 0 Å². The number of fused-ring (bicyclic) bond motifs is 1. The predicted octanol–water partition coefficient (Wildman–Crippen LogP) is 4.06. The third kappa shape index (κ3) is 1.96. The van der Waals surface area contributed by atoms with E-state index in [2.05, 4.69) is 12.6 Å². The van der Waals surface area contributed by atoms with E-state index in [0.29, 0.717) is 21.6 Å². The van der Waals surface area contributed by atoms with Gasteiger partial charge in [-0.25, -0.2) is 0 Å². The molecule has 0 aliphatic rings. The minimum atomic E-state index is -0.0906. The Kier molecular flexibility index (Phi) is 2.91. The molecule has 0 unspecified atom stereocenters.